The average Bonchev–Trinajstić information content (AvgIpc) is 3.22. The van der Waals surface area contributed by atoms with E-state index in [1.165, 1.54) is 22.3 Å². The van der Waals surface area contributed by atoms with E-state index in [9.17, 15) is 0 Å². The largest absolute Gasteiger partial charge is 0.384 e. The molecule has 1 aromatic carbocycles. The Labute approximate surface area is 173 Å². The average molecular weight is 403 g/mol. The number of nitrogens with zero attached hydrogens (tertiary/aromatic N) is 4. The normalized spacial score (nSPS) is 15.2. The molecule has 0 saturated heterocycles. The smallest absolute Gasteiger partial charge is 0.166 e. The lowest BCUT2D eigenvalue weighted by Crippen LogP contribution is -2.37. The highest BCUT2D eigenvalue weighted by Crippen LogP contribution is 2.31. The van der Waals surface area contributed by atoms with Gasteiger partial charge >= 0.3 is 0 Å². The fraction of sp³-hybridized carbons (Fsp3) is 0.227. The van der Waals surface area contributed by atoms with Gasteiger partial charge in [-0.3, -0.25) is 4.90 Å². The predicted octanol–water partition coefficient (Wildman–Crippen LogP) is 3.88. The first-order valence-corrected chi connectivity index (χ1v) is 10.6. The maximum absolute atomic E-state index is 5.80. The Morgan fingerprint density at radius 1 is 1.10 bits per heavy atom. The summed E-state index contributed by atoms with van der Waals surface area (Å²) in [5, 5.41) is 6.64. The molecule has 3 aromatic heterocycles. The SMILES string of the molecule is Nc1ccc2c(NCC(c3ccccc3)N3CCc4sccc4C3)ncnc2n1. The molecule has 7 heteroatoms. The minimum absolute atomic E-state index is 0.246. The fourth-order valence-corrected chi connectivity index (χ4v) is 4.85. The molecule has 0 amide bonds. The van der Waals surface area contributed by atoms with E-state index in [-0.39, 0.29) is 6.04 Å². The Morgan fingerprint density at radius 3 is 2.90 bits per heavy atom. The summed E-state index contributed by atoms with van der Waals surface area (Å²) in [6.07, 6.45) is 2.64. The Balaban J connectivity index is 1.43. The Hall–Kier alpha value is -3.03. The van der Waals surface area contributed by atoms with Crippen molar-refractivity contribution in [3.8, 4) is 0 Å². The van der Waals surface area contributed by atoms with Crippen molar-refractivity contribution in [3.63, 3.8) is 0 Å². The van der Waals surface area contributed by atoms with Gasteiger partial charge in [-0.2, -0.15) is 0 Å². The molecular weight excluding hydrogens is 380 g/mol. The zero-order valence-corrected chi connectivity index (χ0v) is 16.8. The van der Waals surface area contributed by atoms with Crippen LogP contribution in [-0.4, -0.2) is 32.9 Å². The molecule has 0 bridgehead atoms. The van der Waals surface area contributed by atoms with Crippen LogP contribution in [0.2, 0.25) is 0 Å². The Morgan fingerprint density at radius 2 is 2.00 bits per heavy atom. The van der Waals surface area contributed by atoms with Gasteiger partial charge in [-0.1, -0.05) is 30.3 Å². The van der Waals surface area contributed by atoms with Crippen LogP contribution in [0.3, 0.4) is 0 Å². The number of hydrogen-bond donors (Lipinski definition) is 2. The lowest BCUT2D eigenvalue weighted by atomic mass is 10.0. The van der Waals surface area contributed by atoms with Crippen molar-refractivity contribution in [2.24, 2.45) is 0 Å². The van der Waals surface area contributed by atoms with Crippen molar-refractivity contribution in [2.75, 3.05) is 24.1 Å². The predicted molar refractivity (Wildman–Crippen MR) is 118 cm³/mol. The third-order valence-electron chi connectivity index (χ3n) is 5.44. The zero-order chi connectivity index (χ0) is 19.6. The minimum atomic E-state index is 0.246. The molecular formula is C22H22N6S. The summed E-state index contributed by atoms with van der Waals surface area (Å²) in [5.74, 6) is 1.25. The van der Waals surface area contributed by atoms with Crippen molar-refractivity contribution in [1.82, 2.24) is 19.9 Å². The highest BCUT2D eigenvalue weighted by molar-refractivity contribution is 7.10. The van der Waals surface area contributed by atoms with Crippen LogP contribution in [0.1, 0.15) is 22.0 Å². The van der Waals surface area contributed by atoms with Crippen molar-refractivity contribution in [2.45, 2.75) is 19.0 Å². The van der Waals surface area contributed by atoms with Crippen molar-refractivity contribution >= 4 is 34.0 Å². The molecule has 1 atom stereocenters. The summed E-state index contributed by atoms with van der Waals surface area (Å²) >= 11 is 1.87. The van der Waals surface area contributed by atoms with Crippen molar-refractivity contribution < 1.29 is 0 Å². The zero-order valence-electron chi connectivity index (χ0n) is 16.0. The number of nitrogens with one attached hydrogen (secondary N) is 1. The first-order valence-electron chi connectivity index (χ1n) is 9.73. The molecule has 5 rings (SSSR count). The van der Waals surface area contributed by atoms with Gasteiger partial charge < -0.3 is 11.1 Å². The minimum Gasteiger partial charge on any atom is -0.384 e. The molecule has 0 spiro atoms. The van der Waals surface area contributed by atoms with Gasteiger partial charge in [-0.15, -0.1) is 11.3 Å². The molecule has 4 aromatic rings. The van der Waals surface area contributed by atoms with Crippen molar-refractivity contribution in [1.29, 1.82) is 0 Å². The van der Waals surface area contributed by atoms with Gasteiger partial charge in [-0.05, 0) is 41.1 Å². The maximum atomic E-state index is 5.80. The number of benzene rings is 1. The number of pyridine rings is 1. The van der Waals surface area contributed by atoms with Crippen LogP contribution >= 0.6 is 11.3 Å². The van der Waals surface area contributed by atoms with Crippen LogP contribution < -0.4 is 11.1 Å². The molecule has 0 saturated carbocycles. The van der Waals surface area contributed by atoms with Gasteiger partial charge in [0.2, 0.25) is 0 Å². The number of rotatable bonds is 5. The van der Waals surface area contributed by atoms with E-state index in [0.29, 0.717) is 11.5 Å². The van der Waals surface area contributed by atoms with Crippen LogP contribution in [0.4, 0.5) is 11.6 Å². The van der Waals surface area contributed by atoms with Gasteiger partial charge in [0, 0.05) is 24.5 Å². The van der Waals surface area contributed by atoms with E-state index in [4.69, 9.17) is 5.73 Å². The number of hydrogen-bond acceptors (Lipinski definition) is 7. The van der Waals surface area contributed by atoms with Gasteiger partial charge in [0.15, 0.2) is 5.65 Å². The number of aromatic nitrogens is 3. The molecule has 1 aliphatic rings. The molecule has 0 radical (unpaired) electrons. The topological polar surface area (TPSA) is 80.0 Å². The van der Waals surface area contributed by atoms with Crippen LogP contribution in [0, 0.1) is 0 Å². The molecule has 29 heavy (non-hydrogen) atoms. The van der Waals surface area contributed by atoms with E-state index in [1.54, 1.807) is 6.07 Å². The Kier molecular flexibility index (Phi) is 4.83. The quantitative estimate of drug-likeness (QED) is 0.527. The first-order chi connectivity index (χ1) is 14.3. The molecule has 4 heterocycles. The van der Waals surface area contributed by atoms with Gasteiger partial charge in [0.1, 0.15) is 18.0 Å². The van der Waals surface area contributed by atoms with Crippen LogP contribution in [-0.2, 0) is 13.0 Å². The van der Waals surface area contributed by atoms with Gasteiger partial charge in [-0.25, -0.2) is 15.0 Å². The van der Waals surface area contributed by atoms with Crippen LogP contribution in [0.25, 0.3) is 11.0 Å². The third-order valence-corrected chi connectivity index (χ3v) is 6.47. The number of nitrogens with two attached hydrogens (primary N) is 1. The molecule has 1 unspecified atom stereocenters. The molecule has 6 nitrogen and oxygen atoms in total. The molecule has 1 aliphatic heterocycles. The van der Waals surface area contributed by atoms with Gasteiger partial charge in [0.25, 0.3) is 0 Å². The van der Waals surface area contributed by atoms with Gasteiger partial charge in [0.05, 0.1) is 11.4 Å². The first kappa shape index (κ1) is 18.0. The van der Waals surface area contributed by atoms with E-state index in [1.807, 2.05) is 17.4 Å². The summed E-state index contributed by atoms with van der Waals surface area (Å²) in [5.41, 5.74) is 9.17. The highest BCUT2D eigenvalue weighted by atomic mass is 32.1. The lowest BCUT2D eigenvalue weighted by molar-refractivity contribution is 0.188. The van der Waals surface area contributed by atoms with E-state index >= 15 is 0 Å². The molecule has 0 fully saturated rings. The van der Waals surface area contributed by atoms with Crippen LogP contribution in [0.15, 0.2) is 60.2 Å². The molecule has 146 valence electrons. The number of fused-ring (bicyclic) bond motifs is 2. The second kappa shape index (κ2) is 7.77. The van der Waals surface area contributed by atoms with E-state index in [2.05, 4.69) is 66.9 Å². The monoisotopic (exact) mass is 402 g/mol. The highest BCUT2D eigenvalue weighted by Gasteiger charge is 2.25. The number of anilines is 2. The standard InChI is InChI=1S/C22H22N6S/c23-20-7-6-17-21(25-14-26-22(17)27-20)24-12-18(15-4-2-1-3-5-15)28-10-8-19-16(13-28)9-11-29-19/h1-7,9,11,14,18H,8,10,12-13H2,(H3,23,24,25,26,27). The molecule has 3 N–H and O–H groups in total. The fourth-order valence-electron chi connectivity index (χ4n) is 3.96. The maximum Gasteiger partial charge on any atom is 0.166 e. The summed E-state index contributed by atoms with van der Waals surface area (Å²) < 4.78 is 0. The summed E-state index contributed by atoms with van der Waals surface area (Å²) in [6.45, 7) is 2.78. The second-order valence-electron chi connectivity index (χ2n) is 7.23. The lowest BCUT2D eigenvalue weighted by Gasteiger charge is -2.35. The van der Waals surface area contributed by atoms with E-state index in [0.717, 1.165) is 37.3 Å². The number of thiophene rings is 1. The number of nitrogen functional groups attached to an aromatic ring is 1. The summed E-state index contributed by atoms with van der Waals surface area (Å²) in [7, 11) is 0. The summed E-state index contributed by atoms with van der Waals surface area (Å²) in [6, 6.07) is 16.9. The third kappa shape index (κ3) is 3.66. The molecule has 0 aliphatic carbocycles. The summed E-state index contributed by atoms with van der Waals surface area (Å²) in [4.78, 5) is 17.1. The van der Waals surface area contributed by atoms with E-state index < -0.39 is 0 Å². The Bertz CT molecular complexity index is 1130. The van der Waals surface area contributed by atoms with Crippen LogP contribution in [0.5, 0.6) is 0 Å². The van der Waals surface area contributed by atoms with Crippen molar-refractivity contribution in [3.05, 3.63) is 76.2 Å². The second-order valence-corrected chi connectivity index (χ2v) is 8.23.